The minimum absolute atomic E-state index is 0.105. The van der Waals surface area contributed by atoms with Crippen LogP contribution in [0.4, 0.5) is 13.2 Å². The third-order valence-electron chi connectivity index (χ3n) is 6.96. The summed E-state index contributed by atoms with van der Waals surface area (Å²) in [5.74, 6) is 0.119. The molecular weight excluding hydrogens is 393 g/mol. The Morgan fingerprint density at radius 1 is 1.10 bits per heavy atom. The van der Waals surface area contributed by atoms with E-state index in [-0.39, 0.29) is 17.5 Å². The fourth-order valence-electron chi connectivity index (χ4n) is 5.46. The third kappa shape index (κ3) is 2.56. The predicted octanol–water partition coefficient (Wildman–Crippen LogP) is 3.37. The molecule has 6 nitrogen and oxygen atoms in total. The van der Waals surface area contributed by atoms with E-state index in [1.807, 2.05) is 6.21 Å². The molecule has 3 atom stereocenters. The van der Waals surface area contributed by atoms with E-state index in [1.165, 1.54) is 17.3 Å². The Labute approximate surface area is 172 Å². The van der Waals surface area contributed by atoms with Gasteiger partial charge in [0.25, 0.3) is 0 Å². The largest absolute Gasteiger partial charge is 0.435 e. The van der Waals surface area contributed by atoms with E-state index in [0.717, 1.165) is 62.2 Å². The van der Waals surface area contributed by atoms with E-state index in [9.17, 15) is 13.2 Å². The first kappa shape index (κ1) is 18.1. The van der Waals surface area contributed by atoms with Gasteiger partial charge in [0.05, 0.1) is 23.5 Å². The van der Waals surface area contributed by atoms with E-state index < -0.39 is 17.9 Å². The number of fused-ring (bicyclic) bond motifs is 3. The van der Waals surface area contributed by atoms with Gasteiger partial charge in [-0.3, -0.25) is 5.10 Å². The lowest BCUT2D eigenvalue weighted by Crippen LogP contribution is -2.46. The minimum atomic E-state index is -4.49. The first-order chi connectivity index (χ1) is 14.5. The summed E-state index contributed by atoms with van der Waals surface area (Å²) in [4.78, 5) is 2.31. The van der Waals surface area contributed by atoms with Gasteiger partial charge in [0.1, 0.15) is 0 Å². The standard InChI is InChI=1S/C21H23F3N6/c22-21(23,24)20-14(10-26-29-20)18-12-5-2-1-4-11(12)17-13-9-25-28-15(13)8-16(19(17)27-18)30-6-3-7-30/h8-10,13,15,18,27-28H,1-7H2,(H,26,29). The Bertz CT molecular complexity index is 1010. The number of hydrogen-bond acceptors (Lipinski definition) is 5. The molecule has 0 saturated carbocycles. The van der Waals surface area contributed by atoms with E-state index in [4.69, 9.17) is 0 Å². The van der Waals surface area contributed by atoms with Crippen molar-refractivity contribution >= 4 is 6.21 Å². The van der Waals surface area contributed by atoms with Gasteiger partial charge >= 0.3 is 6.18 Å². The molecular formula is C21H23F3N6. The van der Waals surface area contributed by atoms with Crippen molar-refractivity contribution in [1.29, 1.82) is 0 Å². The van der Waals surface area contributed by atoms with Gasteiger partial charge in [0.15, 0.2) is 5.69 Å². The molecule has 3 unspecified atom stereocenters. The van der Waals surface area contributed by atoms with E-state index >= 15 is 0 Å². The molecule has 6 rings (SSSR count). The smallest absolute Gasteiger partial charge is 0.372 e. The molecule has 1 aromatic heterocycles. The molecule has 1 aromatic rings. The summed E-state index contributed by atoms with van der Waals surface area (Å²) in [7, 11) is 0. The maximum absolute atomic E-state index is 13.7. The van der Waals surface area contributed by atoms with Crippen LogP contribution in [0.1, 0.15) is 49.4 Å². The molecule has 5 aliphatic rings. The number of dihydropyridines is 1. The number of rotatable bonds is 2. The average molecular weight is 416 g/mol. The van der Waals surface area contributed by atoms with Crippen molar-refractivity contribution in [2.75, 3.05) is 13.1 Å². The number of alkyl halides is 3. The second kappa shape index (κ2) is 6.39. The van der Waals surface area contributed by atoms with Crippen molar-refractivity contribution in [3.8, 4) is 0 Å². The van der Waals surface area contributed by atoms with Crippen LogP contribution in [0.5, 0.6) is 0 Å². The number of allylic oxidation sites excluding steroid dienone is 1. The van der Waals surface area contributed by atoms with E-state index in [2.05, 4.69) is 37.0 Å². The zero-order valence-electron chi connectivity index (χ0n) is 16.4. The van der Waals surface area contributed by atoms with Gasteiger partial charge in [0.2, 0.25) is 0 Å². The van der Waals surface area contributed by atoms with Gasteiger partial charge in [-0.25, -0.2) is 0 Å². The SMILES string of the molecule is FC(F)(F)c1n[nH]cc1C1NC2=C(C3=C1CCCC3)C1C=NNC1C=C2N1CCC1. The molecule has 1 fully saturated rings. The van der Waals surface area contributed by atoms with Crippen molar-refractivity contribution < 1.29 is 13.2 Å². The molecule has 3 aliphatic heterocycles. The lowest BCUT2D eigenvalue weighted by molar-refractivity contribution is -0.142. The number of aromatic amines is 1. The highest BCUT2D eigenvalue weighted by Crippen LogP contribution is 2.49. The van der Waals surface area contributed by atoms with Crippen LogP contribution in [0.2, 0.25) is 0 Å². The first-order valence-electron chi connectivity index (χ1n) is 10.6. The number of hydrazone groups is 1. The number of H-pyrrole nitrogens is 1. The van der Waals surface area contributed by atoms with Crippen molar-refractivity contribution in [2.45, 2.75) is 50.4 Å². The summed E-state index contributed by atoms with van der Waals surface area (Å²) in [5, 5.41) is 13.9. The molecule has 30 heavy (non-hydrogen) atoms. The molecule has 3 N–H and O–H groups in total. The highest BCUT2D eigenvalue weighted by Gasteiger charge is 2.45. The fraction of sp³-hybridized carbons (Fsp3) is 0.524. The van der Waals surface area contributed by atoms with E-state index in [0.29, 0.717) is 0 Å². The van der Waals surface area contributed by atoms with Crippen LogP contribution in [0.3, 0.4) is 0 Å². The van der Waals surface area contributed by atoms with Gasteiger partial charge in [-0.1, -0.05) is 0 Å². The topological polar surface area (TPSA) is 68.3 Å². The molecule has 9 heteroatoms. The summed E-state index contributed by atoms with van der Waals surface area (Å²) in [5.41, 5.74) is 8.17. The maximum Gasteiger partial charge on any atom is 0.435 e. The van der Waals surface area contributed by atoms with Crippen LogP contribution in [0.25, 0.3) is 0 Å². The fourth-order valence-corrected chi connectivity index (χ4v) is 5.46. The second-order valence-corrected chi connectivity index (χ2v) is 8.62. The summed E-state index contributed by atoms with van der Waals surface area (Å²) in [6.07, 6.45) is 5.94. The van der Waals surface area contributed by atoms with Crippen molar-refractivity contribution in [3.05, 3.63) is 51.6 Å². The molecule has 0 spiro atoms. The zero-order chi connectivity index (χ0) is 20.5. The first-order valence-corrected chi connectivity index (χ1v) is 10.6. The molecule has 158 valence electrons. The molecule has 0 radical (unpaired) electrons. The summed E-state index contributed by atoms with van der Waals surface area (Å²) in [6, 6.07) is -0.407. The quantitative estimate of drug-likeness (QED) is 0.692. The van der Waals surface area contributed by atoms with Crippen molar-refractivity contribution in [2.24, 2.45) is 11.0 Å². The van der Waals surface area contributed by atoms with Crippen molar-refractivity contribution in [3.63, 3.8) is 0 Å². The molecule has 0 bridgehead atoms. The van der Waals surface area contributed by atoms with Crippen LogP contribution < -0.4 is 10.7 Å². The molecule has 0 aromatic carbocycles. The summed E-state index contributed by atoms with van der Waals surface area (Å²) >= 11 is 0. The Hall–Kier alpha value is -2.71. The summed E-state index contributed by atoms with van der Waals surface area (Å²) in [6.45, 7) is 1.94. The minimum Gasteiger partial charge on any atom is -0.372 e. The number of nitrogens with one attached hydrogen (secondary N) is 3. The van der Waals surface area contributed by atoms with Gasteiger partial charge in [0, 0.05) is 37.0 Å². The molecule has 0 amide bonds. The van der Waals surface area contributed by atoms with E-state index in [1.54, 1.807) is 0 Å². The van der Waals surface area contributed by atoms with Gasteiger partial charge in [-0.2, -0.15) is 23.4 Å². The Kier molecular flexibility index (Phi) is 3.85. The number of halogens is 3. The van der Waals surface area contributed by atoms with Gasteiger partial charge < -0.3 is 15.6 Å². The predicted molar refractivity (Wildman–Crippen MR) is 105 cm³/mol. The monoisotopic (exact) mass is 416 g/mol. The van der Waals surface area contributed by atoms with Gasteiger partial charge in [-0.15, -0.1) is 0 Å². The van der Waals surface area contributed by atoms with Crippen LogP contribution in [-0.4, -0.2) is 40.4 Å². The normalized spacial score (nSPS) is 30.2. The zero-order valence-corrected chi connectivity index (χ0v) is 16.4. The molecule has 4 heterocycles. The second-order valence-electron chi connectivity index (χ2n) is 8.62. The van der Waals surface area contributed by atoms with Gasteiger partial charge in [-0.05, 0) is 54.9 Å². The number of likely N-dealkylation sites (tertiary alicyclic amines) is 1. The van der Waals surface area contributed by atoms with Crippen LogP contribution in [-0.2, 0) is 6.18 Å². The van der Waals surface area contributed by atoms with Crippen LogP contribution in [0.15, 0.2) is 45.5 Å². The Balaban J connectivity index is 1.51. The molecule has 1 saturated heterocycles. The number of nitrogens with zero attached hydrogens (tertiary/aromatic N) is 3. The number of hydrogen-bond donors (Lipinski definition) is 3. The average Bonchev–Trinajstić information content (AvgIpc) is 3.35. The van der Waals surface area contributed by atoms with Crippen LogP contribution in [0, 0.1) is 5.92 Å². The lowest BCUT2D eigenvalue weighted by Gasteiger charge is -2.45. The van der Waals surface area contributed by atoms with Crippen molar-refractivity contribution in [1.82, 2.24) is 25.8 Å². The highest BCUT2D eigenvalue weighted by molar-refractivity contribution is 5.75. The molecule has 2 aliphatic carbocycles. The maximum atomic E-state index is 13.7. The Morgan fingerprint density at radius 2 is 1.93 bits per heavy atom. The van der Waals surface area contributed by atoms with Crippen LogP contribution >= 0.6 is 0 Å². The highest BCUT2D eigenvalue weighted by atomic mass is 19.4. The lowest BCUT2D eigenvalue weighted by atomic mass is 9.71. The Morgan fingerprint density at radius 3 is 2.70 bits per heavy atom. The number of aromatic nitrogens is 2. The summed E-state index contributed by atoms with van der Waals surface area (Å²) < 4.78 is 41.0. The third-order valence-corrected chi connectivity index (χ3v) is 6.96.